The van der Waals surface area contributed by atoms with E-state index < -0.39 is 5.91 Å². The summed E-state index contributed by atoms with van der Waals surface area (Å²) in [5.41, 5.74) is 5.37. The van der Waals surface area contributed by atoms with Crippen LogP contribution in [0.15, 0.2) is 45.6 Å². The summed E-state index contributed by atoms with van der Waals surface area (Å²) in [6.07, 6.45) is 0. The van der Waals surface area contributed by atoms with E-state index in [2.05, 4.69) is 0 Å². The van der Waals surface area contributed by atoms with Gasteiger partial charge in [-0.2, -0.15) is 0 Å². The summed E-state index contributed by atoms with van der Waals surface area (Å²) in [6, 6.07) is 9.04. The van der Waals surface area contributed by atoms with Crippen LogP contribution in [0.4, 0.5) is 0 Å². The Kier molecular flexibility index (Phi) is 2.97. The molecule has 2 N–H and O–H groups in total. The van der Waals surface area contributed by atoms with Crippen LogP contribution in [-0.4, -0.2) is 5.91 Å². The zero-order valence-corrected chi connectivity index (χ0v) is 9.40. The molecule has 0 saturated heterocycles. The second-order valence-electron chi connectivity index (χ2n) is 3.39. The van der Waals surface area contributed by atoms with E-state index in [0.717, 1.165) is 6.07 Å². The monoisotopic (exact) mass is 249 g/mol. The molecule has 0 aliphatic rings. The van der Waals surface area contributed by atoms with E-state index in [4.69, 9.17) is 21.8 Å². The van der Waals surface area contributed by atoms with Gasteiger partial charge in [-0.3, -0.25) is 9.59 Å². The highest BCUT2D eigenvalue weighted by atomic mass is 35.5. The summed E-state index contributed by atoms with van der Waals surface area (Å²) >= 11 is 5.75. The van der Waals surface area contributed by atoms with Crippen LogP contribution in [0.1, 0.15) is 10.6 Å². The van der Waals surface area contributed by atoms with Gasteiger partial charge >= 0.3 is 0 Å². The Morgan fingerprint density at radius 3 is 2.41 bits per heavy atom. The quantitative estimate of drug-likeness (QED) is 0.885. The maximum absolute atomic E-state index is 11.4. The molecule has 2 aromatic rings. The van der Waals surface area contributed by atoms with Crippen molar-refractivity contribution in [1.29, 1.82) is 0 Å². The molecule has 0 radical (unpaired) electrons. The third-order valence-corrected chi connectivity index (χ3v) is 2.39. The molecular weight excluding hydrogens is 242 g/mol. The lowest BCUT2D eigenvalue weighted by Gasteiger charge is -2.02. The van der Waals surface area contributed by atoms with Gasteiger partial charge < -0.3 is 10.2 Å². The van der Waals surface area contributed by atoms with Crippen molar-refractivity contribution in [2.45, 2.75) is 0 Å². The fraction of sp³-hybridized carbons (Fsp3) is 0. The lowest BCUT2D eigenvalue weighted by atomic mass is 10.1. The number of hydrogen-bond acceptors (Lipinski definition) is 3. The summed E-state index contributed by atoms with van der Waals surface area (Å²) in [6.45, 7) is 0. The molecule has 4 nitrogen and oxygen atoms in total. The summed E-state index contributed by atoms with van der Waals surface area (Å²) in [7, 11) is 0. The van der Waals surface area contributed by atoms with Crippen LogP contribution in [0.2, 0.25) is 5.02 Å². The first-order chi connectivity index (χ1) is 8.06. The van der Waals surface area contributed by atoms with Gasteiger partial charge in [0.2, 0.25) is 0 Å². The smallest absolute Gasteiger partial charge is 0.284 e. The minimum atomic E-state index is -0.780. The van der Waals surface area contributed by atoms with Gasteiger partial charge in [0.1, 0.15) is 5.76 Å². The molecular formula is C12H8ClNO3. The number of benzene rings is 1. The van der Waals surface area contributed by atoms with Gasteiger partial charge in [-0.05, 0) is 24.3 Å². The largest absolute Gasteiger partial charge is 0.451 e. The van der Waals surface area contributed by atoms with Gasteiger partial charge in [-0.15, -0.1) is 0 Å². The molecule has 0 saturated carbocycles. The van der Waals surface area contributed by atoms with Crippen LogP contribution < -0.4 is 11.2 Å². The first kappa shape index (κ1) is 11.4. The molecule has 1 aromatic carbocycles. The fourth-order valence-electron chi connectivity index (χ4n) is 1.36. The Balaban J connectivity index is 2.55. The van der Waals surface area contributed by atoms with Crippen LogP contribution >= 0.6 is 11.6 Å². The average Bonchev–Trinajstić information content (AvgIpc) is 2.29. The van der Waals surface area contributed by atoms with Gasteiger partial charge in [0.05, 0.1) is 0 Å². The number of primary amides is 1. The van der Waals surface area contributed by atoms with Crippen molar-refractivity contribution in [3.63, 3.8) is 0 Å². The van der Waals surface area contributed by atoms with Gasteiger partial charge in [-0.1, -0.05) is 11.6 Å². The molecule has 0 unspecified atom stereocenters. The Morgan fingerprint density at radius 1 is 1.18 bits per heavy atom. The highest BCUT2D eigenvalue weighted by molar-refractivity contribution is 6.30. The first-order valence-electron chi connectivity index (χ1n) is 4.77. The Morgan fingerprint density at radius 2 is 1.82 bits per heavy atom. The number of hydrogen-bond donors (Lipinski definition) is 1. The highest BCUT2D eigenvalue weighted by Crippen LogP contribution is 2.21. The fourth-order valence-corrected chi connectivity index (χ4v) is 1.48. The third-order valence-electron chi connectivity index (χ3n) is 2.14. The van der Waals surface area contributed by atoms with Crippen molar-refractivity contribution >= 4 is 17.5 Å². The molecule has 1 heterocycles. The second kappa shape index (κ2) is 4.43. The van der Waals surface area contributed by atoms with Crippen LogP contribution in [-0.2, 0) is 0 Å². The lowest BCUT2D eigenvalue weighted by molar-refractivity contribution is 0.0972. The second-order valence-corrected chi connectivity index (χ2v) is 3.83. The molecule has 1 aromatic heterocycles. The number of rotatable bonds is 2. The standard InChI is InChI=1S/C12H8ClNO3/c13-8-3-1-7(2-4-8)10-5-9(15)6-11(17-10)12(14)16/h1-6H,(H2,14,16). The number of carbonyl (C=O) groups is 1. The van der Waals surface area contributed by atoms with E-state index in [9.17, 15) is 9.59 Å². The molecule has 0 atom stereocenters. The van der Waals surface area contributed by atoms with Gasteiger partial charge in [0, 0.05) is 22.7 Å². The molecule has 0 bridgehead atoms. The Hall–Kier alpha value is -2.07. The maximum Gasteiger partial charge on any atom is 0.284 e. The summed E-state index contributed by atoms with van der Waals surface area (Å²) in [5, 5.41) is 0.571. The van der Waals surface area contributed by atoms with Crippen molar-refractivity contribution < 1.29 is 9.21 Å². The zero-order chi connectivity index (χ0) is 12.4. The molecule has 86 valence electrons. The molecule has 0 spiro atoms. The zero-order valence-electron chi connectivity index (χ0n) is 8.64. The van der Waals surface area contributed by atoms with Crippen molar-refractivity contribution in [2.24, 2.45) is 5.73 Å². The van der Waals surface area contributed by atoms with Gasteiger partial charge in [0.15, 0.2) is 11.2 Å². The normalized spacial score (nSPS) is 10.2. The number of carbonyl (C=O) groups excluding carboxylic acids is 1. The molecule has 0 aliphatic carbocycles. The summed E-state index contributed by atoms with van der Waals surface area (Å²) in [4.78, 5) is 22.3. The minimum absolute atomic E-state index is 0.164. The SMILES string of the molecule is NC(=O)c1cc(=O)cc(-c2ccc(Cl)cc2)o1. The predicted molar refractivity (Wildman–Crippen MR) is 63.9 cm³/mol. The van der Waals surface area contributed by atoms with E-state index in [-0.39, 0.29) is 16.9 Å². The molecule has 1 amide bonds. The van der Waals surface area contributed by atoms with Crippen molar-refractivity contribution in [3.05, 3.63) is 57.4 Å². The van der Waals surface area contributed by atoms with Crippen LogP contribution in [0.3, 0.4) is 0 Å². The van der Waals surface area contributed by atoms with Gasteiger partial charge in [0.25, 0.3) is 5.91 Å². The van der Waals surface area contributed by atoms with Crippen molar-refractivity contribution in [1.82, 2.24) is 0 Å². The third kappa shape index (κ3) is 2.54. The topological polar surface area (TPSA) is 73.3 Å². The van der Waals surface area contributed by atoms with Crippen molar-refractivity contribution in [3.8, 4) is 11.3 Å². The number of halogens is 1. The minimum Gasteiger partial charge on any atom is -0.451 e. The molecule has 2 rings (SSSR count). The Bertz CT molecular complexity index is 616. The van der Waals surface area contributed by atoms with Crippen LogP contribution in [0, 0.1) is 0 Å². The average molecular weight is 250 g/mol. The maximum atomic E-state index is 11.4. The van der Waals surface area contributed by atoms with Crippen LogP contribution in [0.25, 0.3) is 11.3 Å². The molecule has 0 fully saturated rings. The molecule has 5 heteroatoms. The Labute approximate surface area is 102 Å². The summed E-state index contributed by atoms with van der Waals surface area (Å²) in [5.74, 6) is -0.664. The van der Waals surface area contributed by atoms with E-state index in [1.165, 1.54) is 6.07 Å². The molecule has 0 aliphatic heterocycles. The van der Waals surface area contributed by atoms with Crippen molar-refractivity contribution in [2.75, 3.05) is 0 Å². The van der Waals surface area contributed by atoms with Crippen LogP contribution in [0.5, 0.6) is 0 Å². The number of nitrogens with two attached hydrogens (primary N) is 1. The predicted octanol–water partition coefficient (Wildman–Crippen LogP) is 2.06. The molecule has 17 heavy (non-hydrogen) atoms. The highest BCUT2D eigenvalue weighted by Gasteiger charge is 2.08. The number of amides is 1. The van der Waals surface area contributed by atoms with E-state index in [0.29, 0.717) is 10.6 Å². The van der Waals surface area contributed by atoms with E-state index in [1.807, 2.05) is 0 Å². The summed E-state index contributed by atoms with van der Waals surface area (Å²) < 4.78 is 5.23. The first-order valence-corrected chi connectivity index (χ1v) is 5.15. The lowest BCUT2D eigenvalue weighted by Crippen LogP contribution is -2.14. The van der Waals surface area contributed by atoms with Gasteiger partial charge in [-0.25, -0.2) is 0 Å². The van der Waals surface area contributed by atoms with E-state index in [1.54, 1.807) is 24.3 Å². The van der Waals surface area contributed by atoms with E-state index >= 15 is 0 Å².